The Kier molecular flexibility index (Phi) is 5.00. The van der Waals surface area contributed by atoms with E-state index in [0.717, 1.165) is 25.7 Å². The van der Waals surface area contributed by atoms with Crippen LogP contribution in [0.1, 0.15) is 32.1 Å². The van der Waals surface area contributed by atoms with Gasteiger partial charge in [-0.15, -0.1) is 0 Å². The minimum absolute atomic E-state index is 0.0284. The molecule has 1 saturated carbocycles. The average molecular weight is 397 g/mol. The van der Waals surface area contributed by atoms with E-state index in [9.17, 15) is 22.8 Å². The molecular formula is C18H27N3O5S. The molecule has 0 bridgehead atoms. The van der Waals surface area contributed by atoms with Gasteiger partial charge in [0.15, 0.2) is 9.84 Å². The summed E-state index contributed by atoms with van der Waals surface area (Å²) in [5.41, 5.74) is 0. The van der Waals surface area contributed by atoms with Crippen LogP contribution in [0.4, 0.5) is 0 Å². The van der Waals surface area contributed by atoms with Gasteiger partial charge in [0.1, 0.15) is 0 Å². The predicted octanol–water partition coefficient (Wildman–Crippen LogP) is -0.302. The molecular weight excluding hydrogens is 370 g/mol. The van der Waals surface area contributed by atoms with E-state index in [-0.39, 0.29) is 41.1 Å². The van der Waals surface area contributed by atoms with Gasteiger partial charge in [-0.2, -0.15) is 0 Å². The van der Waals surface area contributed by atoms with E-state index >= 15 is 0 Å². The van der Waals surface area contributed by atoms with Crippen LogP contribution in [-0.4, -0.2) is 85.2 Å². The third-order valence-electron chi connectivity index (χ3n) is 6.54. The molecule has 0 aromatic heterocycles. The fraction of sp³-hybridized carbons (Fsp3) is 0.833. The third kappa shape index (κ3) is 3.63. The number of amides is 3. The van der Waals surface area contributed by atoms with E-state index in [4.69, 9.17) is 0 Å². The van der Waals surface area contributed by atoms with Crippen LogP contribution in [0.15, 0.2) is 0 Å². The van der Waals surface area contributed by atoms with Gasteiger partial charge < -0.3 is 4.90 Å². The van der Waals surface area contributed by atoms with Gasteiger partial charge >= 0.3 is 0 Å². The molecule has 27 heavy (non-hydrogen) atoms. The summed E-state index contributed by atoms with van der Waals surface area (Å²) in [5, 5.41) is 0. The van der Waals surface area contributed by atoms with Crippen LogP contribution in [0.5, 0.6) is 0 Å². The first-order valence-electron chi connectivity index (χ1n) is 9.92. The van der Waals surface area contributed by atoms with Crippen LogP contribution < -0.4 is 0 Å². The van der Waals surface area contributed by atoms with Gasteiger partial charge in [-0.05, 0) is 19.3 Å². The second-order valence-electron chi connectivity index (χ2n) is 8.29. The molecule has 3 atom stereocenters. The molecule has 0 unspecified atom stereocenters. The zero-order valence-electron chi connectivity index (χ0n) is 15.5. The Morgan fingerprint density at radius 3 is 2.04 bits per heavy atom. The fourth-order valence-corrected chi connectivity index (χ4v) is 6.66. The standard InChI is InChI=1S/C18H27N3O5S/c22-16(13-5-10-27(25,26)11-13)20-8-6-19(7-9-20)12-21-17(23)14-3-1-2-4-15(14)18(21)24/h13-15H,1-12H2/t13-,14-,15-/m1/s1. The molecule has 3 saturated heterocycles. The van der Waals surface area contributed by atoms with Gasteiger partial charge in [-0.3, -0.25) is 24.2 Å². The highest BCUT2D eigenvalue weighted by Gasteiger charge is 2.48. The van der Waals surface area contributed by atoms with Crippen LogP contribution in [0, 0.1) is 17.8 Å². The average Bonchev–Trinajstić information content (AvgIpc) is 3.14. The largest absolute Gasteiger partial charge is 0.340 e. The monoisotopic (exact) mass is 397 g/mol. The summed E-state index contributed by atoms with van der Waals surface area (Å²) in [7, 11) is -3.07. The van der Waals surface area contributed by atoms with Crippen molar-refractivity contribution in [1.82, 2.24) is 14.7 Å². The van der Waals surface area contributed by atoms with E-state index in [1.165, 1.54) is 4.90 Å². The van der Waals surface area contributed by atoms with Gasteiger partial charge in [0.2, 0.25) is 17.7 Å². The number of sulfone groups is 1. The number of piperazine rings is 1. The number of carbonyl (C=O) groups excluding carboxylic acids is 3. The van der Waals surface area contributed by atoms with Crippen LogP contribution >= 0.6 is 0 Å². The van der Waals surface area contributed by atoms with Gasteiger partial charge in [0.05, 0.1) is 35.9 Å². The number of imide groups is 1. The van der Waals surface area contributed by atoms with Crippen molar-refractivity contribution in [3.05, 3.63) is 0 Å². The van der Waals surface area contributed by atoms with Crippen LogP contribution in [0.2, 0.25) is 0 Å². The van der Waals surface area contributed by atoms with Crippen molar-refractivity contribution in [1.29, 1.82) is 0 Å². The lowest BCUT2D eigenvalue weighted by atomic mass is 9.81. The number of rotatable bonds is 3. The first-order chi connectivity index (χ1) is 12.9. The second kappa shape index (κ2) is 7.16. The number of hydrogen-bond donors (Lipinski definition) is 0. The predicted molar refractivity (Wildman–Crippen MR) is 97.1 cm³/mol. The maximum absolute atomic E-state index is 12.6. The van der Waals surface area contributed by atoms with Crippen molar-refractivity contribution < 1.29 is 22.8 Å². The highest BCUT2D eigenvalue weighted by Crippen LogP contribution is 2.38. The summed E-state index contributed by atoms with van der Waals surface area (Å²) < 4.78 is 23.2. The van der Waals surface area contributed by atoms with Crippen molar-refractivity contribution in [3.8, 4) is 0 Å². The Morgan fingerprint density at radius 2 is 1.52 bits per heavy atom. The molecule has 4 fully saturated rings. The maximum Gasteiger partial charge on any atom is 0.234 e. The normalized spacial score (nSPS) is 34.1. The summed E-state index contributed by atoms with van der Waals surface area (Å²) in [5.74, 6) is -0.728. The molecule has 8 nitrogen and oxygen atoms in total. The highest BCUT2D eigenvalue weighted by molar-refractivity contribution is 7.91. The van der Waals surface area contributed by atoms with Gasteiger partial charge in [-0.25, -0.2) is 8.42 Å². The van der Waals surface area contributed by atoms with Gasteiger partial charge in [-0.1, -0.05) is 12.8 Å². The molecule has 3 amide bonds. The van der Waals surface area contributed by atoms with Crippen molar-refractivity contribution in [2.75, 3.05) is 44.4 Å². The second-order valence-corrected chi connectivity index (χ2v) is 10.5. The first kappa shape index (κ1) is 18.9. The van der Waals surface area contributed by atoms with Crippen molar-refractivity contribution >= 4 is 27.6 Å². The van der Waals surface area contributed by atoms with Crippen LogP contribution in [-0.2, 0) is 24.2 Å². The molecule has 0 N–H and O–H groups in total. The molecule has 4 rings (SSSR count). The maximum atomic E-state index is 12.6. The van der Waals surface area contributed by atoms with Gasteiger partial charge in [0.25, 0.3) is 0 Å². The zero-order chi connectivity index (χ0) is 19.2. The summed E-state index contributed by atoms with van der Waals surface area (Å²) in [6, 6.07) is 0. The SMILES string of the molecule is O=C([C@@H]1CCS(=O)(=O)C1)N1CCN(CN2C(=O)[C@@H]3CCCC[C@H]3C2=O)CC1. The molecule has 0 aromatic carbocycles. The molecule has 3 aliphatic heterocycles. The summed E-state index contributed by atoms with van der Waals surface area (Å²) in [6.07, 6.45) is 4.09. The van der Waals surface area contributed by atoms with E-state index < -0.39 is 15.8 Å². The molecule has 9 heteroatoms. The minimum Gasteiger partial charge on any atom is -0.340 e. The molecule has 1 aliphatic carbocycles. The number of carbonyl (C=O) groups is 3. The van der Waals surface area contributed by atoms with Gasteiger partial charge in [0, 0.05) is 26.2 Å². The van der Waals surface area contributed by atoms with E-state index in [2.05, 4.69) is 0 Å². The lowest BCUT2D eigenvalue weighted by molar-refractivity contribution is -0.145. The van der Waals surface area contributed by atoms with Crippen molar-refractivity contribution in [2.24, 2.45) is 17.8 Å². The Hall–Kier alpha value is -1.48. The van der Waals surface area contributed by atoms with E-state index in [1.54, 1.807) is 4.90 Å². The summed E-state index contributed by atoms with van der Waals surface area (Å²) >= 11 is 0. The Bertz CT molecular complexity index is 720. The van der Waals surface area contributed by atoms with E-state index in [1.807, 2.05) is 4.90 Å². The third-order valence-corrected chi connectivity index (χ3v) is 8.31. The molecule has 0 radical (unpaired) electrons. The topological polar surface area (TPSA) is 95.1 Å². The summed E-state index contributed by atoms with van der Waals surface area (Å²) in [6.45, 7) is 2.52. The molecule has 3 heterocycles. The Balaban J connectivity index is 1.30. The summed E-state index contributed by atoms with van der Waals surface area (Å²) in [4.78, 5) is 42.9. The Labute approximate surface area is 159 Å². The number of nitrogens with zero attached hydrogens (tertiary/aromatic N) is 3. The highest BCUT2D eigenvalue weighted by atomic mass is 32.2. The fourth-order valence-electron chi connectivity index (χ4n) is 4.93. The first-order valence-corrected chi connectivity index (χ1v) is 11.7. The molecule has 4 aliphatic rings. The Morgan fingerprint density at radius 1 is 0.926 bits per heavy atom. The zero-order valence-corrected chi connectivity index (χ0v) is 16.3. The lowest BCUT2D eigenvalue weighted by Gasteiger charge is -2.37. The molecule has 0 spiro atoms. The van der Waals surface area contributed by atoms with Crippen LogP contribution in [0.25, 0.3) is 0 Å². The van der Waals surface area contributed by atoms with Crippen molar-refractivity contribution in [3.63, 3.8) is 0 Å². The minimum atomic E-state index is -3.07. The quantitative estimate of drug-likeness (QED) is 0.607. The van der Waals surface area contributed by atoms with Crippen LogP contribution in [0.3, 0.4) is 0 Å². The number of likely N-dealkylation sites (tertiary alicyclic amines) is 1. The molecule has 150 valence electrons. The molecule has 0 aromatic rings. The number of fused-ring (bicyclic) bond motifs is 1. The van der Waals surface area contributed by atoms with Crippen molar-refractivity contribution in [2.45, 2.75) is 32.1 Å². The smallest absolute Gasteiger partial charge is 0.234 e. The van der Waals surface area contributed by atoms with E-state index in [0.29, 0.717) is 39.3 Å². The lowest BCUT2D eigenvalue weighted by Crippen LogP contribution is -2.53. The number of hydrogen-bond acceptors (Lipinski definition) is 6.